The van der Waals surface area contributed by atoms with Crippen LogP contribution in [-0.2, 0) is 27.9 Å². The number of alkyl halides is 3. The molecule has 212 valence electrons. The molecule has 1 aliphatic heterocycles. The van der Waals surface area contributed by atoms with Crippen LogP contribution in [0, 0.1) is 5.82 Å². The average molecular weight is 588 g/mol. The van der Waals surface area contributed by atoms with Crippen molar-refractivity contribution >= 4 is 27.3 Å². The highest BCUT2D eigenvalue weighted by Gasteiger charge is 2.38. The highest BCUT2D eigenvalue weighted by Crippen LogP contribution is 2.31. The summed E-state index contributed by atoms with van der Waals surface area (Å²) in [5.74, 6) is -2.99. The van der Waals surface area contributed by atoms with Gasteiger partial charge in [-0.1, -0.05) is 30.3 Å². The van der Waals surface area contributed by atoms with E-state index < -0.39 is 22.2 Å². The van der Waals surface area contributed by atoms with Crippen molar-refractivity contribution in [2.45, 2.75) is 36.3 Å². The number of hydrogen-bond donors (Lipinski definition) is 3. The molecule has 0 atom stereocenters. The van der Waals surface area contributed by atoms with Gasteiger partial charge in [-0.3, -0.25) is 0 Å². The molecule has 2 aromatic carbocycles. The van der Waals surface area contributed by atoms with Gasteiger partial charge in [-0.05, 0) is 73.0 Å². The van der Waals surface area contributed by atoms with E-state index in [1.54, 1.807) is 18.2 Å². The zero-order valence-electron chi connectivity index (χ0n) is 20.9. The highest BCUT2D eigenvalue weighted by atomic mass is 32.2. The van der Waals surface area contributed by atoms with Gasteiger partial charge in [0.1, 0.15) is 10.0 Å². The zero-order chi connectivity index (χ0) is 28.5. The number of hydrogen-bond acceptors (Lipinski definition) is 6. The van der Waals surface area contributed by atoms with Crippen molar-refractivity contribution < 1.29 is 35.9 Å². The number of likely N-dealkylation sites (tertiary alicyclic amines) is 1. The zero-order valence-corrected chi connectivity index (χ0v) is 22.5. The fourth-order valence-corrected chi connectivity index (χ4v) is 6.19. The molecule has 1 aromatic heterocycles. The summed E-state index contributed by atoms with van der Waals surface area (Å²) in [6.07, 6.45) is -2.69. The summed E-state index contributed by atoms with van der Waals surface area (Å²) in [6.45, 7) is 4.62. The number of carbonyl (C=O) groups is 1. The summed E-state index contributed by atoms with van der Waals surface area (Å²) in [5.41, 5.74) is 3.12. The Balaban J connectivity index is 0.000000532. The van der Waals surface area contributed by atoms with Crippen LogP contribution < -0.4 is 10.0 Å². The Morgan fingerprint density at radius 1 is 0.974 bits per heavy atom. The number of carboxylic acids is 1. The van der Waals surface area contributed by atoms with Crippen molar-refractivity contribution in [3.05, 3.63) is 77.6 Å². The van der Waals surface area contributed by atoms with Gasteiger partial charge in [0.15, 0.2) is 0 Å². The Bertz CT molecular complexity index is 1320. The maximum atomic E-state index is 13.0. The molecule has 1 aliphatic rings. The van der Waals surface area contributed by atoms with Gasteiger partial charge in [0.2, 0.25) is 10.0 Å². The summed E-state index contributed by atoms with van der Waals surface area (Å²) in [7, 11) is -3.49. The lowest BCUT2D eigenvalue weighted by Gasteiger charge is -2.14. The Hall–Kier alpha value is -2.84. The van der Waals surface area contributed by atoms with Crippen LogP contribution >= 0.6 is 11.3 Å². The van der Waals surface area contributed by atoms with Gasteiger partial charge in [-0.15, -0.1) is 11.3 Å². The second kappa shape index (κ2) is 14.0. The molecule has 13 heteroatoms. The molecule has 3 aromatic rings. The lowest BCUT2D eigenvalue weighted by Crippen LogP contribution is -2.33. The number of benzene rings is 2. The predicted molar refractivity (Wildman–Crippen MR) is 141 cm³/mol. The minimum Gasteiger partial charge on any atom is -0.475 e. The SMILES string of the molecule is O=C(O)C(F)(F)F.O=S(=O)(NCCN1CCCC1)c1ccc(-c2cccc(CNCc3ccc(F)cc3)c2)s1. The van der Waals surface area contributed by atoms with E-state index in [2.05, 4.69) is 21.0 Å². The molecule has 0 aliphatic carbocycles. The topological polar surface area (TPSA) is 98.7 Å². The van der Waals surface area contributed by atoms with Gasteiger partial charge in [0.05, 0.1) is 0 Å². The van der Waals surface area contributed by atoms with E-state index in [1.165, 1.54) is 36.3 Å². The Kier molecular flexibility index (Phi) is 11.0. The fraction of sp³-hybridized carbons (Fsp3) is 0.346. The molecule has 2 heterocycles. The van der Waals surface area contributed by atoms with Crippen LogP contribution in [0.5, 0.6) is 0 Å². The van der Waals surface area contributed by atoms with Crippen molar-refractivity contribution in [3.8, 4) is 10.4 Å². The van der Waals surface area contributed by atoms with E-state index in [4.69, 9.17) is 9.90 Å². The molecule has 1 fully saturated rings. The number of nitrogens with zero attached hydrogens (tertiary/aromatic N) is 1. The number of halogens is 4. The third-order valence-electron chi connectivity index (χ3n) is 5.79. The smallest absolute Gasteiger partial charge is 0.475 e. The molecule has 39 heavy (non-hydrogen) atoms. The molecule has 0 unspecified atom stereocenters. The van der Waals surface area contributed by atoms with Crippen molar-refractivity contribution in [2.24, 2.45) is 0 Å². The van der Waals surface area contributed by atoms with Gasteiger partial charge in [-0.25, -0.2) is 22.3 Å². The maximum Gasteiger partial charge on any atom is 0.490 e. The molecular weight excluding hydrogens is 558 g/mol. The first-order chi connectivity index (χ1) is 18.4. The lowest BCUT2D eigenvalue weighted by atomic mass is 10.1. The molecule has 4 rings (SSSR count). The summed E-state index contributed by atoms with van der Waals surface area (Å²) in [6, 6.07) is 18.1. The fourth-order valence-electron chi connectivity index (χ4n) is 3.82. The van der Waals surface area contributed by atoms with E-state index in [9.17, 15) is 26.0 Å². The van der Waals surface area contributed by atoms with Gasteiger partial charge in [0.25, 0.3) is 0 Å². The first-order valence-corrected chi connectivity index (χ1v) is 14.4. The Labute approximate surface area is 228 Å². The van der Waals surface area contributed by atoms with Crippen LogP contribution in [-0.4, -0.2) is 56.7 Å². The first-order valence-electron chi connectivity index (χ1n) is 12.1. The van der Waals surface area contributed by atoms with Gasteiger partial charge in [0, 0.05) is 31.1 Å². The maximum absolute atomic E-state index is 13.0. The first kappa shape index (κ1) is 30.7. The van der Waals surface area contributed by atoms with Crippen LogP contribution in [0.4, 0.5) is 17.6 Å². The van der Waals surface area contributed by atoms with Crippen LogP contribution in [0.1, 0.15) is 24.0 Å². The van der Waals surface area contributed by atoms with E-state index in [1.807, 2.05) is 24.3 Å². The summed E-state index contributed by atoms with van der Waals surface area (Å²) >= 11 is 1.29. The second-order valence-electron chi connectivity index (χ2n) is 8.80. The molecule has 3 N–H and O–H groups in total. The van der Waals surface area contributed by atoms with Crippen LogP contribution in [0.3, 0.4) is 0 Å². The third-order valence-corrected chi connectivity index (χ3v) is 8.88. The monoisotopic (exact) mass is 587 g/mol. The van der Waals surface area contributed by atoms with Gasteiger partial charge < -0.3 is 15.3 Å². The summed E-state index contributed by atoms with van der Waals surface area (Å²) in [5, 5.41) is 10.5. The predicted octanol–water partition coefficient (Wildman–Crippen LogP) is 4.85. The van der Waals surface area contributed by atoms with E-state index >= 15 is 0 Å². The number of nitrogens with one attached hydrogen (secondary N) is 2. The van der Waals surface area contributed by atoms with Crippen molar-refractivity contribution in [1.82, 2.24) is 14.9 Å². The van der Waals surface area contributed by atoms with Crippen molar-refractivity contribution in [2.75, 3.05) is 26.2 Å². The van der Waals surface area contributed by atoms with Crippen molar-refractivity contribution in [1.29, 1.82) is 0 Å². The molecule has 0 amide bonds. The number of carboxylic acid groups (broad SMARTS) is 1. The van der Waals surface area contributed by atoms with Crippen molar-refractivity contribution in [3.63, 3.8) is 0 Å². The Morgan fingerprint density at radius 2 is 1.62 bits per heavy atom. The van der Waals surface area contributed by atoms with Crippen LogP contribution in [0.15, 0.2) is 64.9 Å². The van der Waals surface area contributed by atoms with Gasteiger partial charge in [-0.2, -0.15) is 13.2 Å². The average Bonchev–Trinajstić information content (AvgIpc) is 3.58. The quantitative estimate of drug-likeness (QED) is 0.294. The third kappa shape index (κ3) is 10.0. The number of aliphatic carboxylic acids is 1. The molecule has 0 bridgehead atoms. The minimum atomic E-state index is -5.08. The molecule has 7 nitrogen and oxygen atoms in total. The molecule has 0 radical (unpaired) electrons. The van der Waals surface area contributed by atoms with E-state index in [-0.39, 0.29) is 5.82 Å². The van der Waals surface area contributed by atoms with Crippen LogP contribution in [0.2, 0.25) is 0 Å². The summed E-state index contributed by atoms with van der Waals surface area (Å²) < 4.78 is 73.2. The number of rotatable bonds is 10. The normalized spacial score (nSPS) is 14.2. The van der Waals surface area contributed by atoms with Crippen LogP contribution in [0.25, 0.3) is 10.4 Å². The lowest BCUT2D eigenvalue weighted by molar-refractivity contribution is -0.192. The standard InChI is InChI=1S/C24H28FN3O2S2.C2HF3O2/c25-22-8-6-19(7-9-22)17-26-18-20-4-3-5-21(16-20)23-10-11-24(31-23)32(29,30)27-12-15-28-13-1-2-14-28;3-2(4,5)1(6)7/h3-11,16,26-27H,1-2,12-15,17-18H2;(H,6,7). The highest BCUT2D eigenvalue weighted by molar-refractivity contribution is 7.91. The van der Waals surface area contributed by atoms with E-state index in [0.717, 1.165) is 41.2 Å². The molecule has 1 saturated heterocycles. The van der Waals surface area contributed by atoms with Gasteiger partial charge >= 0.3 is 12.1 Å². The molecule has 0 saturated carbocycles. The van der Waals surface area contributed by atoms with E-state index in [0.29, 0.717) is 23.8 Å². The largest absolute Gasteiger partial charge is 0.490 e. The minimum absolute atomic E-state index is 0.236. The second-order valence-corrected chi connectivity index (χ2v) is 11.9. The molecule has 0 spiro atoms. The summed E-state index contributed by atoms with van der Waals surface area (Å²) in [4.78, 5) is 12.1. The molecular formula is C26H29F4N3O4S2. The number of sulfonamides is 1. The Morgan fingerprint density at radius 3 is 2.26 bits per heavy atom. The number of thiophene rings is 1.